The summed E-state index contributed by atoms with van der Waals surface area (Å²) in [6.07, 6.45) is 3.55. The molecule has 212 valence electrons. The number of unbranched alkanes of at least 4 members (excludes halogenated alkanes) is 1. The molecule has 2 amide bonds. The fourth-order valence-electron chi connectivity index (χ4n) is 5.11. The highest BCUT2D eigenvalue weighted by Crippen LogP contribution is 2.40. The second kappa shape index (κ2) is 15.2. The van der Waals surface area contributed by atoms with Crippen molar-refractivity contribution in [2.24, 2.45) is 0 Å². The van der Waals surface area contributed by atoms with Crippen molar-refractivity contribution < 1.29 is 9.59 Å². The molecule has 4 aromatic rings. The number of nitrogens with one attached hydrogen (secondary N) is 3. The van der Waals surface area contributed by atoms with Crippen molar-refractivity contribution >= 4 is 24.2 Å². The van der Waals surface area contributed by atoms with Crippen LogP contribution in [0.5, 0.6) is 0 Å². The lowest BCUT2D eigenvalue weighted by molar-refractivity contribution is -0.123. The van der Waals surface area contributed by atoms with Gasteiger partial charge in [-0.15, -0.1) is 12.4 Å². The highest BCUT2D eigenvalue weighted by molar-refractivity contribution is 5.97. The molecule has 3 atom stereocenters. The molecule has 0 aromatic heterocycles. The molecule has 5 nitrogen and oxygen atoms in total. The zero-order chi connectivity index (χ0) is 27.6. The molecule has 1 fully saturated rings. The first-order valence-corrected chi connectivity index (χ1v) is 14.2. The summed E-state index contributed by atoms with van der Waals surface area (Å²) in [6, 6.07) is 38.0. The highest BCUT2D eigenvalue weighted by Gasteiger charge is 2.37. The van der Waals surface area contributed by atoms with Crippen LogP contribution < -0.4 is 16.0 Å². The number of carbonyl (C=O) groups excluding carboxylic acids is 2. The molecule has 41 heavy (non-hydrogen) atoms. The van der Waals surface area contributed by atoms with Crippen LogP contribution >= 0.6 is 12.4 Å². The van der Waals surface area contributed by atoms with Crippen LogP contribution in [0.1, 0.15) is 53.1 Å². The Morgan fingerprint density at radius 3 is 2.02 bits per heavy atom. The van der Waals surface area contributed by atoms with Gasteiger partial charge in [0.25, 0.3) is 5.91 Å². The Bertz CT molecular complexity index is 1370. The third-order valence-electron chi connectivity index (χ3n) is 7.53. The number of hydrogen-bond donors (Lipinski definition) is 3. The first-order valence-electron chi connectivity index (χ1n) is 14.2. The lowest BCUT2D eigenvalue weighted by atomic mass is 10.0. The molecule has 0 bridgehead atoms. The number of halogens is 1. The summed E-state index contributed by atoms with van der Waals surface area (Å²) in [5.74, 6) is 0.212. The zero-order valence-corrected chi connectivity index (χ0v) is 24.0. The van der Waals surface area contributed by atoms with Gasteiger partial charge >= 0.3 is 0 Å². The average molecular weight is 568 g/mol. The lowest BCUT2D eigenvalue weighted by Gasteiger charge is -2.19. The fraction of sp³-hybridized carbons (Fsp3) is 0.257. The van der Waals surface area contributed by atoms with E-state index in [9.17, 15) is 9.59 Å². The average Bonchev–Trinajstić information content (AvgIpc) is 3.80. The van der Waals surface area contributed by atoms with E-state index < -0.39 is 6.04 Å². The van der Waals surface area contributed by atoms with Crippen molar-refractivity contribution in [2.45, 2.75) is 50.2 Å². The smallest absolute Gasteiger partial charge is 0.251 e. The SMILES string of the molecule is Cl.O=C(NC(CCCCN[C@@H]1C[C@H]1c1ccccc1)C(=O)NCc1ccccc1)c1ccc(-c2ccccc2)cc1. The maximum atomic E-state index is 13.2. The maximum Gasteiger partial charge on any atom is 0.251 e. The molecule has 0 heterocycles. The van der Waals surface area contributed by atoms with Crippen molar-refractivity contribution in [3.05, 3.63) is 132 Å². The van der Waals surface area contributed by atoms with Gasteiger partial charge in [-0.3, -0.25) is 9.59 Å². The Labute approximate surface area is 249 Å². The predicted octanol–water partition coefficient (Wildman–Crippen LogP) is 6.51. The van der Waals surface area contributed by atoms with Gasteiger partial charge in [0.05, 0.1) is 0 Å². The van der Waals surface area contributed by atoms with Crippen LogP contribution in [-0.2, 0) is 11.3 Å². The van der Waals surface area contributed by atoms with Crippen LogP contribution in [0.25, 0.3) is 11.1 Å². The fourth-order valence-corrected chi connectivity index (χ4v) is 5.11. The van der Waals surface area contributed by atoms with E-state index in [-0.39, 0.29) is 24.2 Å². The van der Waals surface area contributed by atoms with E-state index in [0.717, 1.165) is 36.1 Å². The van der Waals surface area contributed by atoms with Crippen molar-refractivity contribution in [2.75, 3.05) is 6.54 Å². The summed E-state index contributed by atoms with van der Waals surface area (Å²) in [6.45, 7) is 1.34. The summed E-state index contributed by atoms with van der Waals surface area (Å²) < 4.78 is 0. The summed E-state index contributed by atoms with van der Waals surface area (Å²) in [4.78, 5) is 26.3. The Balaban J connectivity index is 0.00000387. The second-order valence-corrected chi connectivity index (χ2v) is 10.5. The molecule has 0 spiro atoms. The van der Waals surface area contributed by atoms with E-state index in [1.165, 1.54) is 12.0 Å². The maximum absolute atomic E-state index is 13.2. The van der Waals surface area contributed by atoms with Gasteiger partial charge in [-0.2, -0.15) is 0 Å². The molecule has 4 aromatic carbocycles. The van der Waals surface area contributed by atoms with Crippen molar-refractivity contribution in [3.8, 4) is 11.1 Å². The first-order chi connectivity index (χ1) is 19.7. The quantitative estimate of drug-likeness (QED) is 0.161. The van der Waals surface area contributed by atoms with Crippen LogP contribution in [0.15, 0.2) is 115 Å². The lowest BCUT2D eigenvalue weighted by Crippen LogP contribution is -2.46. The van der Waals surface area contributed by atoms with Crippen molar-refractivity contribution in [1.29, 1.82) is 0 Å². The minimum atomic E-state index is -0.594. The molecule has 3 N–H and O–H groups in total. The van der Waals surface area contributed by atoms with Gasteiger partial charge in [-0.1, -0.05) is 103 Å². The van der Waals surface area contributed by atoms with E-state index in [1.54, 1.807) is 0 Å². The number of amides is 2. The monoisotopic (exact) mass is 567 g/mol. The van der Waals surface area contributed by atoms with Crippen LogP contribution in [-0.4, -0.2) is 30.4 Å². The van der Waals surface area contributed by atoms with Crippen LogP contribution in [0.2, 0.25) is 0 Å². The largest absolute Gasteiger partial charge is 0.350 e. The van der Waals surface area contributed by atoms with E-state index in [2.05, 4.69) is 46.3 Å². The Morgan fingerprint density at radius 1 is 0.732 bits per heavy atom. The summed E-state index contributed by atoms with van der Waals surface area (Å²) in [5, 5.41) is 9.66. The Morgan fingerprint density at radius 2 is 1.34 bits per heavy atom. The van der Waals surface area contributed by atoms with Gasteiger partial charge in [0.1, 0.15) is 6.04 Å². The molecule has 1 aliphatic rings. The van der Waals surface area contributed by atoms with Crippen LogP contribution in [0, 0.1) is 0 Å². The third-order valence-corrected chi connectivity index (χ3v) is 7.53. The normalized spacial score (nSPS) is 16.2. The van der Waals surface area contributed by atoms with Gasteiger partial charge in [-0.05, 0) is 66.6 Å². The number of rotatable bonds is 13. The summed E-state index contributed by atoms with van der Waals surface area (Å²) >= 11 is 0. The Hall–Kier alpha value is -3.93. The van der Waals surface area contributed by atoms with Gasteiger partial charge in [0, 0.05) is 24.1 Å². The molecule has 0 saturated heterocycles. The van der Waals surface area contributed by atoms with Crippen molar-refractivity contribution in [3.63, 3.8) is 0 Å². The molecule has 1 saturated carbocycles. The topological polar surface area (TPSA) is 70.2 Å². The van der Waals surface area contributed by atoms with E-state index >= 15 is 0 Å². The standard InChI is InChI=1S/C35H37N3O2.ClH/c39-34(30-21-19-28(20-22-30)27-14-6-2-7-15-27)38-32(35(40)37-25-26-12-4-1-5-13-26)18-10-11-23-36-33-24-31(33)29-16-8-3-9-17-29;/h1-9,12-17,19-22,31-33,36H,10-11,18,23-25H2,(H,37,40)(H,38,39);1H/t31-,32?,33+;/m0./s1. The minimum absolute atomic E-state index is 0. The molecule has 1 aliphatic carbocycles. The first kappa shape index (κ1) is 30.0. The zero-order valence-electron chi connectivity index (χ0n) is 23.2. The van der Waals surface area contributed by atoms with E-state index in [4.69, 9.17) is 0 Å². The molecule has 5 rings (SSSR count). The van der Waals surface area contributed by atoms with Gasteiger partial charge in [0.15, 0.2) is 0 Å². The third kappa shape index (κ3) is 8.78. The highest BCUT2D eigenvalue weighted by atomic mass is 35.5. The molecule has 6 heteroatoms. The number of hydrogen-bond acceptors (Lipinski definition) is 3. The molecular weight excluding hydrogens is 530 g/mol. The molecule has 0 radical (unpaired) electrons. The molecule has 0 aliphatic heterocycles. The number of carbonyl (C=O) groups is 2. The van der Waals surface area contributed by atoms with Crippen LogP contribution in [0.4, 0.5) is 0 Å². The number of benzene rings is 4. The van der Waals surface area contributed by atoms with E-state index in [1.807, 2.05) is 84.9 Å². The summed E-state index contributed by atoms with van der Waals surface area (Å²) in [7, 11) is 0. The van der Waals surface area contributed by atoms with E-state index in [0.29, 0.717) is 30.5 Å². The Kier molecular flexibility index (Phi) is 11.1. The predicted molar refractivity (Wildman–Crippen MR) is 168 cm³/mol. The minimum Gasteiger partial charge on any atom is -0.350 e. The van der Waals surface area contributed by atoms with Crippen molar-refractivity contribution in [1.82, 2.24) is 16.0 Å². The van der Waals surface area contributed by atoms with Crippen LogP contribution in [0.3, 0.4) is 0 Å². The summed E-state index contributed by atoms with van der Waals surface area (Å²) in [5.41, 5.74) is 5.12. The molecule has 1 unspecified atom stereocenters. The second-order valence-electron chi connectivity index (χ2n) is 10.5. The van der Waals surface area contributed by atoms with Gasteiger partial charge < -0.3 is 16.0 Å². The van der Waals surface area contributed by atoms with Gasteiger partial charge in [0.2, 0.25) is 5.91 Å². The van der Waals surface area contributed by atoms with Gasteiger partial charge in [-0.25, -0.2) is 0 Å². The molecular formula is C35H38ClN3O2.